The maximum atomic E-state index is 12.3. The molecule has 0 spiro atoms. The Morgan fingerprint density at radius 1 is 0.914 bits per heavy atom. The second kappa shape index (κ2) is 9.85. The number of guanidine groups is 1. The average molecular weight is 489 g/mol. The van der Waals surface area contributed by atoms with Gasteiger partial charge in [0.25, 0.3) is 5.91 Å². The van der Waals surface area contributed by atoms with Gasteiger partial charge in [-0.2, -0.15) is 0 Å². The van der Waals surface area contributed by atoms with Gasteiger partial charge in [0.2, 0.25) is 5.96 Å². The minimum absolute atomic E-state index is 0.122. The van der Waals surface area contributed by atoms with Crippen molar-refractivity contribution in [2.24, 2.45) is 10.7 Å². The van der Waals surface area contributed by atoms with Crippen LogP contribution in [0.1, 0.15) is 67.2 Å². The van der Waals surface area contributed by atoms with E-state index >= 15 is 0 Å². The molecule has 1 heterocycles. The fraction of sp³-hybridized carbons (Fsp3) is 0.600. The first-order valence-corrected chi connectivity index (χ1v) is 12.1. The lowest BCUT2D eigenvalue weighted by atomic mass is 10.1. The van der Waals surface area contributed by atoms with Crippen molar-refractivity contribution in [2.45, 2.75) is 90.5 Å². The number of likely N-dealkylation sites (tertiary alicyclic amines) is 1. The van der Waals surface area contributed by atoms with Crippen LogP contribution < -0.4 is 20.9 Å². The molecule has 1 saturated heterocycles. The topological polar surface area (TPSA) is 132 Å². The molecule has 2 aliphatic rings. The Morgan fingerprint density at radius 3 is 1.86 bits per heavy atom. The third kappa shape index (κ3) is 6.94. The number of hydrogen-bond acceptors (Lipinski definition) is 6. The normalized spacial score (nSPS) is 22.2. The Hall–Kier alpha value is -3.14. The molecule has 0 bridgehead atoms. The quantitative estimate of drug-likeness (QED) is 0.337. The predicted octanol–water partition coefficient (Wildman–Crippen LogP) is 3.84. The number of ether oxygens (including phenoxy) is 2. The van der Waals surface area contributed by atoms with Gasteiger partial charge in [-0.25, -0.2) is 14.6 Å². The standard InChI is InChI=1S/C25H37N5O5/c1-24(2,3)34-22(32)28-21(29-23(33)35-25(4,5)6)27-16-9-11-17(12-10-16)30(18-13-14-18)15-7-8-19(30)20(26)31/h9-12,18-19H,7-8,13-15H2,1-6H3,(H3-,26,27,28,29,31,32,33)/p+1/t19-,30?/m1/s1. The Morgan fingerprint density at radius 2 is 1.43 bits per heavy atom. The zero-order valence-electron chi connectivity index (χ0n) is 21.5. The van der Waals surface area contributed by atoms with Crippen LogP contribution in [-0.2, 0) is 14.3 Å². The summed E-state index contributed by atoms with van der Waals surface area (Å²) in [7, 11) is 0. The van der Waals surface area contributed by atoms with Crippen LogP contribution in [0.3, 0.4) is 0 Å². The van der Waals surface area contributed by atoms with Crippen LogP contribution in [0.4, 0.5) is 21.0 Å². The molecule has 4 N–H and O–H groups in total. The van der Waals surface area contributed by atoms with Crippen molar-refractivity contribution in [2.75, 3.05) is 6.54 Å². The van der Waals surface area contributed by atoms with Gasteiger partial charge in [-0.15, -0.1) is 0 Å². The lowest BCUT2D eigenvalue weighted by Gasteiger charge is -2.38. The molecule has 10 nitrogen and oxygen atoms in total. The summed E-state index contributed by atoms with van der Waals surface area (Å²) in [6.45, 7) is 11.3. The van der Waals surface area contributed by atoms with Crippen LogP contribution in [0.25, 0.3) is 0 Å². The van der Waals surface area contributed by atoms with E-state index < -0.39 is 23.4 Å². The molecule has 35 heavy (non-hydrogen) atoms. The fourth-order valence-corrected chi connectivity index (χ4v) is 4.62. The largest absolute Gasteiger partial charge is 0.444 e. The number of carbonyl (C=O) groups excluding carboxylic acids is 3. The van der Waals surface area contributed by atoms with Gasteiger partial charge < -0.3 is 15.2 Å². The van der Waals surface area contributed by atoms with E-state index in [1.165, 1.54) is 0 Å². The van der Waals surface area contributed by atoms with E-state index in [0.717, 1.165) is 37.9 Å². The van der Waals surface area contributed by atoms with Gasteiger partial charge in [-0.1, -0.05) is 0 Å². The second-order valence-corrected chi connectivity index (χ2v) is 11.2. The Bertz CT molecular complexity index is 957. The number of rotatable bonds is 4. The first-order chi connectivity index (χ1) is 16.2. The van der Waals surface area contributed by atoms with E-state index in [1.807, 2.05) is 12.1 Å². The van der Waals surface area contributed by atoms with Crippen LogP contribution in [-0.4, -0.2) is 53.9 Å². The van der Waals surface area contributed by atoms with Crippen molar-refractivity contribution < 1.29 is 23.9 Å². The Kier molecular flexibility index (Phi) is 7.45. The lowest BCUT2D eigenvalue weighted by molar-refractivity contribution is -0.122. The smallest absolute Gasteiger partial charge is 0.414 e. The maximum absolute atomic E-state index is 12.3. The molecule has 0 aromatic heterocycles. The van der Waals surface area contributed by atoms with E-state index in [2.05, 4.69) is 15.6 Å². The predicted molar refractivity (Wildman–Crippen MR) is 134 cm³/mol. The third-order valence-electron chi connectivity index (χ3n) is 5.90. The summed E-state index contributed by atoms with van der Waals surface area (Å²) in [4.78, 5) is 41.3. The maximum Gasteiger partial charge on any atom is 0.414 e. The van der Waals surface area contributed by atoms with Gasteiger partial charge in [-0.3, -0.25) is 19.9 Å². The van der Waals surface area contributed by atoms with E-state index in [1.54, 1.807) is 53.7 Å². The first-order valence-electron chi connectivity index (χ1n) is 12.1. The Balaban J connectivity index is 1.85. The number of quaternary nitrogens is 1. The minimum Gasteiger partial charge on any atom is -0.444 e. The number of primary amides is 1. The molecular formula is C25H38N5O5+. The number of aliphatic imine (C=N–C) groups is 1. The van der Waals surface area contributed by atoms with E-state index in [0.29, 0.717) is 16.2 Å². The van der Waals surface area contributed by atoms with Gasteiger partial charge >= 0.3 is 12.2 Å². The monoisotopic (exact) mass is 488 g/mol. The molecule has 1 saturated carbocycles. The molecule has 3 amide bonds. The summed E-state index contributed by atoms with van der Waals surface area (Å²) >= 11 is 0. The van der Waals surface area contributed by atoms with Crippen molar-refractivity contribution in [1.82, 2.24) is 15.1 Å². The average Bonchev–Trinajstić information content (AvgIpc) is 3.44. The van der Waals surface area contributed by atoms with Crippen molar-refractivity contribution in [3.05, 3.63) is 24.3 Å². The lowest BCUT2D eigenvalue weighted by Crippen LogP contribution is -2.59. The molecule has 192 valence electrons. The Labute approximate surface area is 206 Å². The van der Waals surface area contributed by atoms with Crippen LogP contribution in [0.15, 0.2) is 29.3 Å². The number of amides is 3. The zero-order valence-corrected chi connectivity index (χ0v) is 21.5. The van der Waals surface area contributed by atoms with E-state index in [4.69, 9.17) is 15.2 Å². The highest BCUT2D eigenvalue weighted by molar-refractivity contribution is 6.02. The molecule has 10 heteroatoms. The third-order valence-corrected chi connectivity index (χ3v) is 5.90. The molecule has 0 radical (unpaired) electrons. The number of nitrogens with one attached hydrogen (secondary N) is 2. The first kappa shape index (κ1) is 26.5. The van der Waals surface area contributed by atoms with Gasteiger partial charge in [0.15, 0.2) is 6.04 Å². The summed E-state index contributed by atoms with van der Waals surface area (Å²) in [5, 5.41) is 4.96. The van der Waals surface area contributed by atoms with Gasteiger partial charge in [0, 0.05) is 37.8 Å². The summed E-state index contributed by atoms with van der Waals surface area (Å²) in [5.74, 6) is -0.384. The molecule has 1 aromatic carbocycles. The molecular weight excluding hydrogens is 450 g/mol. The number of alkyl carbamates (subject to hydrolysis) is 2. The molecule has 2 atom stereocenters. The second-order valence-electron chi connectivity index (χ2n) is 11.2. The molecule has 1 aliphatic heterocycles. The highest BCUT2D eigenvalue weighted by Crippen LogP contribution is 2.46. The van der Waals surface area contributed by atoms with Crippen molar-refractivity contribution in [1.29, 1.82) is 0 Å². The number of carbonyl (C=O) groups is 3. The van der Waals surface area contributed by atoms with Gasteiger partial charge in [-0.05, 0) is 53.7 Å². The molecule has 3 rings (SSSR count). The minimum atomic E-state index is -0.761. The highest BCUT2D eigenvalue weighted by atomic mass is 16.6. The number of hydrogen-bond donors (Lipinski definition) is 3. The molecule has 1 aromatic rings. The van der Waals surface area contributed by atoms with Gasteiger partial charge in [0.05, 0.1) is 18.3 Å². The fourth-order valence-electron chi connectivity index (χ4n) is 4.62. The van der Waals surface area contributed by atoms with Crippen molar-refractivity contribution in [3.8, 4) is 0 Å². The summed E-state index contributed by atoms with van der Waals surface area (Å²) in [5.41, 5.74) is 5.84. The van der Waals surface area contributed by atoms with Crippen molar-refractivity contribution in [3.63, 3.8) is 0 Å². The highest BCUT2D eigenvalue weighted by Gasteiger charge is 2.56. The van der Waals surface area contributed by atoms with Crippen LogP contribution >= 0.6 is 0 Å². The van der Waals surface area contributed by atoms with E-state index in [-0.39, 0.29) is 17.9 Å². The van der Waals surface area contributed by atoms with E-state index in [9.17, 15) is 14.4 Å². The zero-order chi connectivity index (χ0) is 26.0. The SMILES string of the molecule is CC(C)(C)OC(=O)NC(=Nc1ccc([N+]2(C3CC3)CCC[C@@H]2C(N)=O)cc1)NC(=O)OC(C)(C)C. The van der Waals surface area contributed by atoms with Crippen LogP contribution in [0.5, 0.6) is 0 Å². The molecule has 1 unspecified atom stereocenters. The number of benzene rings is 1. The summed E-state index contributed by atoms with van der Waals surface area (Å²) in [6.07, 6.45) is 2.37. The van der Waals surface area contributed by atoms with Crippen LogP contribution in [0, 0.1) is 0 Å². The van der Waals surface area contributed by atoms with Crippen LogP contribution in [0.2, 0.25) is 0 Å². The van der Waals surface area contributed by atoms with Crippen molar-refractivity contribution >= 4 is 35.4 Å². The number of nitrogens with zero attached hydrogens (tertiary/aromatic N) is 2. The summed E-state index contributed by atoms with van der Waals surface area (Å²) in [6, 6.07) is 7.65. The number of nitrogens with two attached hydrogens (primary N) is 1. The molecule has 2 fully saturated rings. The molecule has 1 aliphatic carbocycles. The summed E-state index contributed by atoms with van der Waals surface area (Å²) < 4.78 is 11.2. The van der Waals surface area contributed by atoms with Gasteiger partial charge in [0.1, 0.15) is 16.9 Å².